The van der Waals surface area contributed by atoms with Crippen LogP contribution in [0.5, 0.6) is 0 Å². The first-order valence-electron chi connectivity index (χ1n) is 8.84. The first-order valence-corrected chi connectivity index (χ1v) is 10.5. The van der Waals surface area contributed by atoms with Gasteiger partial charge in [-0.05, 0) is 19.1 Å². The molecule has 0 spiro atoms. The van der Waals surface area contributed by atoms with Gasteiger partial charge in [0.25, 0.3) is 0 Å². The highest BCUT2D eigenvalue weighted by atomic mass is 32.2. The highest BCUT2D eigenvalue weighted by Crippen LogP contribution is 2.23. The van der Waals surface area contributed by atoms with E-state index >= 15 is 0 Å². The molecule has 2 rings (SSSR count). The van der Waals surface area contributed by atoms with Gasteiger partial charge in [-0.2, -0.15) is 0 Å². The summed E-state index contributed by atoms with van der Waals surface area (Å²) in [4.78, 5) is 4.16. The molecule has 1 aromatic heterocycles. The summed E-state index contributed by atoms with van der Waals surface area (Å²) in [7, 11) is -1.60. The molecule has 1 atom stereocenters. The van der Waals surface area contributed by atoms with E-state index in [1.54, 1.807) is 7.05 Å². The van der Waals surface area contributed by atoms with E-state index in [1.165, 1.54) is 4.31 Å². The number of rotatable bonds is 8. The lowest BCUT2D eigenvalue weighted by Gasteiger charge is -2.20. The monoisotopic (exact) mass is 380 g/mol. The number of benzene rings is 1. The fourth-order valence-corrected chi connectivity index (χ4v) is 4.14. The van der Waals surface area contributed by atoms with Crippen molar-refractivity contribution in [3.63, 3.8) is 0 Å². The zero-order valence-corrected chi connectivity index (χ0v) is 16.6. The molecule has 144 valence electrons. The van der Waals surface area contributed by atoms with Gasteiger partial charge in [0.1, 0.15) is 11.3 Å². The Morgan fingerprint density at radius 1 is 1.27 bits per heavy atom. The molecule has 0 amide bonds. The number of para-hydroxylation sites is 1. The molecule has 1 heterocycles. The molecule has 1 unspecified atom stereocenters. The Hall–Kier alpha value is -2.06. The van der Waals surface area contributed by atoms with Gasteiger partial charge in [-0.25, -0.2) is 12.7 Å². The largest absolute Gasteiger partial charge is 0.459 e. The quantitative estimate of drug-likeness (QED) is 0.542. The summed E-state index contributed by atoms with van der Waals surface area (Å²) < 4.78 is 31.7. The molecule has 2 aromatic rings. The predicted octanol–water partition coefficient (Wildman–Crippen LogP) is 2.33. The van der Waals surface area contributed by atoms with Crippen LogP contribution in [0, 0.1) is 0 Å². The fraction of sp³-hybridized carbons (Fsp3) is 0.500. The van der Waals surface area contributed by atoms with Crippen molar-refractivity contribution in [3.05, 3.63) is 36.1 Å². The number of furan rings is 1. The van der Waals surface area contributed by atoms with Crippen molar-refractivity contribution in [2.75, 3.05) is 32.4 Å². The molecular weight excluding hydrogens is 352 g/mol. The zero-order valence-electron chi connectivity index (χ0n) is 15.8. The second-order valence-corrected chi connectivity index (χ2v) is 8.04. The van der Waals surface area contributed by atoms with Gasteiger partial charge in [0.2, 0.25) is 10.0 Å². The highest BCUT2D eigenvalue weighted by Gasteiger charge is 2.19. The smallest absolute Gasteiger partial charge is 0.215 e. The van der Waals surface area contributed by atoms with Gasteiger partial charge < -0.3 is 15.1 Å². The van der Waals surface area contributed by atoms with Crippen LogP contribution in [0.15, 0.2) is 39.7 Å². The number of nitrogens with one attached hydrogen (secondary N) is 2. The van der Waals surface area contributed by atoms with Gasteiger partial charge in [0.15, 0.2) is 5.96 Å². The fourth-order valence-electron chi connectivity index (χ4n) is 2.73. The Morgan fingerprint density at radius 3 is 2.58 bits per heavy atom. The molecule has 0 aliphatic heterocycles. The minimum atomic E-state index is -3.25. The van der Waals surface area contributed by atoms with Crippen LogP contribution >= 0.6 is 0 Å². The summed E-state index contributed by atoms with van der Waals surface area (Å²) in [6, 6.07) is 9.72. The van der Waals surface area contributed by atoms with Gasteiger partial charge in [0.05, 0.1) is 11.8 Å². The third kappa shape index (κ3) is 4.98. The highest BCUT2D eigenvalue weighted by molar-refractivity contribution is 7.89. The Morgan fingerprint density at radius 2 is 1.96 bits per heavy atom. The molecule has 0 fully saturated rings. The van der Waals surface area contributed by atoms with Crippen molar-refractivity contribution in [2.24, 2.45) is 4.99 Å². The van der Waals surface area contributed by atoms with Crippen molar-refractivity contribution >= 4 is 27.0 Å². The number of aliphatic imine (C=N–C) groups is 1. The maximum absolute atomic E-state index is 12.2. The van der Waals surface area contributed by atoms with E-state index in [9.17, 15) is 8.42 Å². The van der Waals surface area contributed by atoms with E-state index in [1.807, 2.05) is 51.1 Å². The lowest BCUT2D eigenvalue weighted by atomic mass is 10.2. The van der Waals surface area contributed by atoms with Crippen molar-refractivity contribution < 1.29 is 12.8 Å². The second kappa shape index (κ2) is 9.05. The van der Waals surface area contributed by atoms with Gasteiger partial charge in [-0.3, -0.25) is 4.99 Å². The van der Waals surface area contributed by atoms with Crippen LogP contribution in [0.25, 0.3) is 11.0 Å². The summed E-state index contributed by atoms with van der Waals surface area (Å²) in [5.74, 6) is 1.35. The number of hydrogen-bond donors (Lipinski definition) is 2. The van der Waals surface area contributed by atoms with Crippen molar-refractivity contribution in [3.8, 4) is 0 Å². The summed E-state index contributed by atoms with van der Waals surface area (Å²) in [6.45, 7) is 6.89. The summed E-state index contributed by atoms with van der Waals surface area (Å²) in [5.41, 5.74) is 0.837. The Labute approximate surface area is 155 Å². The molecule has 0 aliphatic rings. The molecule has 1 aromatic carbocycles. The normalized spacial score (nSPS) is 14.0. The van der Waals surface area contributed by atoms with Gasteiger partial charge in [-0.15, -0.1) is 0 Å². The third-order valence-electron chi connectivity index (χ3n) is 4.20. The SMILES string of the molecule is CCN(CC)S(=O)(=O)CCNC(=NC)NC(C)c1cc2ccccc2o1. The van der Waals surface area contributed by atoms with Gasteiger partial charge >= 0.3 is 0 Å². The van der Waals surface area contributed by atoms with E-state index < -0.39 is 10.0 Å². The van der Waals surface area contributed by atoms with Crippen LogP contribution in [-0.2, 0) is 10.0 Å². The van der Waals surface area contributed by atoms with Crippen LogP contribution in [0.2, 0.25) is 0 Å². The van der Waals surface area contributed by atoms with E-state index in [4.69, 9.17) is 4.42 Å². The molecule has 26 heavy (non-hydrogen) atoms. The third-order valence-corrected chi connectivity index (χ3v) is 6.22. The molecule has 0 bridgehead atoms. The molecule has 0 aliphatic carbocycles. The molecule has 0 saturated carbocycles. The van der Waals surface area contributed by atoms with E-state index in [2.05, 4.69) is 15.6 Å². The van der Waals surface area contributed by atoms with Gasteiger partial charge in [-0.1, -0.05) is 32.0 Å². The maximum Gasteiger partial charge on any atom is 0.215 e. The minimum Gasteiger partial charge on any atom is -0.459 e. The Kier molecular flexibility index (Phi) is 7.05. The Balaban J connectivity index is 1.93. The van der Waals surface area contributed by atoms with E-state index in [0.29, 0.717) is 19.0 Å². The van der Waals surface area contributed by atoms with Crippen molar-refractivity contribution in [1.29, 1.82) is 0 Å². The lowest BCUT2D eigenvalue weighted by molar-refractivity contribution is 0.444. The van der Waals surface area contributed by atoms with Crippen molar-refractivity contribution in [1.82, 2.24) is 14.9 Å². The Bertz CT molecular complexity index is 808. The topological polar surface area (TPSA) is 86.9 Å². The number of hydrogen-bond acceptors (Lipinski definition) is 4. The summed E-state index contributed by atoms with van der Waals surface area (Å²) >= 11 is 0. The number of nitrogens with zero attached hydrogens (tertiary/aromatic N) is 2. The standard InChI is InChI=1S/C18H28N4O3S/c1-5-22(6-2)26(23,24)12-11-20-18(19-4)21-14(3)17-13-15-9-7-8-10-16(15)25-17/h7-10,13-14H,5-6,11-12H2,1-4H3,(H2,19,20,21). The molecule has 8 heteroatoms. The zero-order chi connectivity index (χ0) is 19.2. The van der Waals surface area contributed by atoms with Gasteiger partial charge in [0, 0.05) is 32.1 Å². The van der Waals surface area contributed by atoms with Crippen LogP contribution in [0.4, 0.5) is 0 Å². The first-order chi connectivity index (χ1) is 12.4. The van der Waals surface area contributed by atoms with Crippen LogP contribution in [0.3, 0.4) is 0 Å². The van der Waals surface area contributed by atoms with Crippen LogP contribution < -0.4 is 10.6 Å². The molecule has 2 N–H and O–H groups in total. The van der Waals surface area contributed by atoms with Crippen LogP contribution in [0.1, 0.15) is 32.6 Å². The van der Waals surface area contributed by atoms with E-state index in [-0.39, 0.29) is 18.3 Å². The maximum atomic E-state index is 12.2. The minimum absolute atomic E-state index is 0.0222. The number of sulfonamides is 1. The van der Waals surface area contributed by atoms with E-state index in [0.717, 1.165) is 16.7 Å². The molecule has 0 radical (unpaired) electrons. The second-order valence-electron chi connectivity index (χ2n) is 5.95. The van der Waals surface area contributed by atoms with Crippen molar-refractivity contribution in [2.45, 2.75) is 26.8 Å². The average molecular weight is 381 g/mol. The average Bonchev–Trinajstić information content (AvgIpc) is 3.05. The predicted molar refractivity (Wildman–Crippen MR) is 106 cm³/mol. The summed E-state index contributed by atoms with van der Waals surface area (Å²) in [6.07, 6.45) is 0. The first kappa shape index (κ1) is 20.3. The summed E-state index contributed by atoms with van der Waals surface area (Å²) in [5, 5.41) is 7.32. The van der Waals surface area contributed by atoms with Crippen LogP contribution in [-0.4, -0.2) is 51.1 Å². The number of fused-ring (bicyclic) bond motifs is 1. The molecular formula is C18H28N4O3S. The lowest BCUT2D eigenvalue weighted by Crippen LogP contribution is -2.42. The molecule has 7 nitrogen and oxygen atoms in total. The molecule has 0 saturated heterocycles. The number of guanidine groups is 1.